The molecule has 7 nitrogen and oxygen atoms in total. The Kier molecular flexibility index (Phi) is 3.52. The quantitative estimate of drug-likeness (QED) is 0.817. The Labute approximate surface area is 103 Å². The second-order valence-corrected chi connectivity index (χ2v) is 3.65. The standard InChI is InChI=1S/C11H12N4O3/c1-7-8(11(16)17)2-3-9(15-7)12-5-4-10-13-6-14-18-10/h2-3,6H,4-5H2,1H3,(H,12,15)(H,16,17). The molecule has 0 fully saturated rings. The average molecular weight is 248 g/mol. The Morgan fingerprint density at radius 1 is 1.50 bits per heavy atom. The maximum absolute atomic E-state index is 10.8. The maximum Gasteiger partial charge on any atom is 0.337 e. The third-order valence-electron chi connectivity index (χ3n) is 2.37. The van der Waals surface area contributed by atoms with Gasteiger partial charge in [0.05, 0.1) is 11.3 Å². The summed E-state index contributed by atoms with van der Waals surface area (Å²) in [5, 5.41) is 15.4. The topological polar surface area (TPSA) is 101 Å². The number of carbonyl (C=O) groups is 1. The third kappa shape index (κ3) is 2.82. The molecule has 7 heteroatoms. The van der Waals surface area contributed by atoms with E-state index >= 15 is 0 Å². The van der Waals surface area contributed by atoms with E-state index in [1.807, 2.05) is 0 Å². The first-order valence-electron chi connectivity index (χ1n) is 5.37. The molecule has 0 aliphatic rings. The fourth-order valence-electron chi connectivity index (χ4n) is 1.49. The number of carboxylic acids is 1. The van der Waals surface area contributed by atoms with Crippen molar-refractivity contribution in [2.24, 2.45) is 0 Å². The van der Waals surface area contributed by atoms with E-state index in [1.54, 1.807) is 13.0 Å². The van der Waals surface area contributed by atoms with Crippen LogP contribution in [0, 0.1) is 6.92 Å². The van der Waals surface area contributed by atoms with Crippen LogP contribution >= 0.6 is 0 Å². The predicted molar refractivity (Wildman–Crippen MR) is 62.4 cm³/mol. The van der Waals surface area contributed by atoms with Crippen LogP contribution in [-0.2, 0) is 6.42 Å². The van der Waals surface area contributed by atoms with Gasteiger partial charge in [-0.15, -0.1) is 0 Å². The van der Waals surface area contributed by atoms with Gasteiger partial charge in [0.2, 0.25) is 5.89 Å². The first kappa shape index (κ1) is 12.0. The number of aryl methyl sites for hydroxylation is 1. The number of hydrogen-bond acceptors (Lipinski definition) is 6. The van der Waals surface area contributed by atoms with E-state index in [-0.39, 0.29) is 5.56 Å². The number of aromatic carboxylic acids is 1. The van der Waals surface area contributed by atoms with Gasteiger partial charge in [0.25, 0.3) is 0 Å². The molecule has 2 aromatic heterocycles. The molecule has 0 saturated carbocycles. The van der Waals surface area contributed by atoms with Gasteiger partial charge in [0, 0.05) is 13.0 Å². The molecule has 2 heterocycles. The van der Waals surface area contributed by atoms with Gasteiger partial charge in [-0.3, -0.25) is 0 Å². The minimum absolute atomic E-state index is 0.206. The Bertz CT molecular complexity index is 539. The Morgan fingerprint density at radius 3 is 2.94 bits per heavy atom. The molecule has 2 rings (SSSR count). The van der Waals surface area contributed by atoms with Gasteiger partial charge in [-0.25, -0.2) is 9.78 Å². The molecule has 0 bridgehead atoms. The van der Waals surface area contributed by atoms with Crippen LogP contribution in [0.4, 0.5) is 5.82 Å². The summed E-state index contributed by atoms with van der Waals surface area (Å²) < 4.78 is 4.85. The number of nitrogens with zero attached hydrogens (tertiary/aromatic N) is 3. The normalized spacial score (nSPS) is 10.3. The number of aromatic nitrogens is 3. The van der Waals surface area contributed by atoms with Gasteiger partial charge in [-0.2, -0.15) is 4.98 Å². The van der Waals surface area contributed by atoms with E-state index in [9.17, 15) is 4.79 Å². The number of hydrogen-bond donors (Lipinski definition) is 2. The highest BCUT2D eigenvalue weighted by Gasteiger charge is 2.08. The second-order valence-electron chi connectivity index (χ2n) is 3.65. The van der Waals surface area contributed by atoms with Crippen LogP contribution in [0.25, 0.3) is 0 Å². The largest absolute Gasteiger partial charge is 0.478 e. The lowest BCUT2D eigenvalue weighted by atomic mass is 10.2. The number of anilines is 1. The van der Waals surface area contributed by atoms with Crippen LogP contribution in [-0.4, -0.2) is 32.7 Å². The van der Waals surface area contributed by atoms with Crippen molar-refractivity contribution in [2.45, 2.75) is 13.3 Å². The van der Waals surface area contributed by atoms with Crippen molar-refractivity contribution in [2.75, 3.05) is 11.9 Å². The van der Waals surface area contributed by atoms with Gasteiger partial charge in [0.1, 0.15) is 5.82 Å². The summed E-state index contributed by atoms with van der Waals surface area (Å²) in [5.74, 6) is 0.191. The van der Waals surface area contributed by atoms with Crippen molar-refractivity contribution >= 4 is 11.8 Å². The highest BCUT2D eigenvalue weighted by molar-refractivity contribution is 5.89. The van der Waals surface area contributed by atoms with Crippen molar-refractivity contribution in [3.8, 4) is 0 Å². The molecule has 94 valence electrons. The molecule has 0 aliphatic heterocycles. The SMILES string of the molecule is Cc1nc(NCCc2ncno2)ccc1C(=O)O. The molecular formula is C11H12N4O3. The van der Waals surface area contributed by atoms with Gasteiger partial charge in [-0.1, -0.05) is 5.16 Å². The molecule has 0 spiro atoms. The molecule has 0 atom stereocenters. The Balaban J connectivity index is 1.94. The summed E-state index contributed by atoms with van der Waals surface area (Å²) in [6.45, 7) is 2.24. The first-order valence-corrected chi connectivity index (χ1v) is 5.37. The smallest absolute Gasteiger partial charge is 0.337 e. The second kappa shape index (κ2) is 5.26. The molecule has 18 heavy (non-hydrogen) atoms. The molecule has 0 radical (unpaired) electrons. The van der Waals surface area contributed by atoms with Crippen molar-refractivity contribution in [1.29, 1.82) is 0 Å². The zero-order valence-electron chi connectivity index (χ0n) is 9.75. The molecule has 0 aromatic carbocycles. The number of nitrogens with one attached hydrogen (secondary N) is 1. The van der Waals surface area contributed by atoms with Crippen LogP contribution in [0.15, 0.2) is 23.0 Å². The first-order chi connectivity index (χ1) is 8.66. The summed E-state index contributed by atoms with van der Waals surface area (Å²) >= 11 is 0. The van der Waals surface area contributed by atoms with Crippen molar-refractivity contribution < 1.29 is 14.4 Å². The molecule has 0 amide bonds. The molecular weight excluding hydrogens is 236 g/mol. The summed E-state index contributed by atoms with van der Waals surface area (Å²) in [7, 11) is 0. The average Bonchev–Trinajstić information content (AvgIpc) is 2.81. The Hall–Kier alpha value is -2.44. The number of pyridine rings is 1. The number of carboxylic acid groups (broad SMARTS) is 1. The van der Waals surface area contributed by atoms with Crippen LogP contribution < -0.4 is 5.32 Å². The molecule has 0 unspecified atom stereocenters. The molecule has 2 N–H and O–H groups in total. The van der Waals surface area contributed by atoms with Crippen molar-refractivity contribution in [3.63, 3.8) is 0 Å². The van der Waals surface area contributed by atoms with Crippen LogP contribution in [0.5, 0.6) is 0 Å². The Morgan fingerprint density at radius 2 is 2.33 bits per heavy atom. The van der Waals surface area contributed by atoms with E-state index in [2.05, 4.69) is 20.4 Å². The zero-order chi connectivity index (χ0) is 13.0. The van der Waals surface area contributed by atoms with Crippen LogP contribution in [0.2, 0.25) is 0 Å². The van der Waals surface area contributed by atoms with Crippen LogP contribution in [0.3, 0.4) is 0 Å². The minimum atomic E-state index is -0.975. The maximum atomic E-state index is 10.8. The van der Waals surface area contributed by atoms with Gasteiger partial charge in [0.15, 0.2) is 6.33 Å². The minimum Gasteiger partial charge on any atom is -0.478 e. The lowest BCUT2D eigenvalue weighted by Gasteiger charge is -2.06. The van der Waals surface area contributed by atoms with E-state index in [1.165, 1.54) is 12.4 Å². The van der Waals surface area contributed by atoms with Gasteiger partial charge >= 0.3 is 5.97 Å². The van der Waals surface area contributed by atoms with Crippen molar-refractivity contribution in [3.05, 3.63) is 35.6 Å². The van der Waals surface area contributed by atoms with E-state index in [0.717, 1.165) is 0 Å². The highest BCUT2D eigenvalue weighted by Crippen LogP contribution is 2.10. The highest BCUT2D eigenvalue weighted by atomic mass is 16.5. The summed E-state index contributed by atoms with van der Waals surface area (Å²) in [6, 6.07) is 3.16. The summed E-state index contributed by atoms with van der Waals surface area (Å²) in [4.78, 5) is 18.9. The third-order valence-corrected chi connectivity index (χ3v) is 2.37. The van der Waals surface area contributed by atoms with E-state index in [0.29, 0.717) is 30.4 Å². The fraction of sp³-hybridized carbons (Fsp3) is 0.273. The monoisotopic (exact) mass is 248 g/mol. The van der Waals surface area contributed by atoms with E-state index < -0.39 is 5.97 Å². The zero-order valence-corrected chi connectivity index (χ0v) is 9.75. The number of rotatable bonds is 5. The molecule has 0 saturated heterocycles. The summed E-state index contributed by atoms with van der Waals surface area (Å²) in [6.07, 6.45) is 1.93. The van der Waals surface area contributed by atoms with Gasteiger partial charge < -0.3 is 14.9 Å². The lowest BCUT2D eigenvalue weighted by molar-refractivity contribution is 0.0695. The fourth-order valence-corrected chi connectivity index (χ4v) is 1.49. The van der Waals surface area contributed by atoms with Gasteiger partial charge in [-0.05, 0) is 19.1 Å². The summed E-state index contributed by atoms with van der Waals surface area (Å²) in [5.41, 5.74) is 0.683. The predicted octanol–water partition coefficient (Wildman–Crippen LogP) is 1.13. The lowest BCUT2D eigenvalue weighted by Crippen LogP contribution is -2.09. The van der Waals surface area contributed by atoms with Crippen LogP contribution in [0.1, 0.15) is 21.9 Å². The van der Waals surface area contributed by atoms with Crippen molar-refractivity contribution in [1.82, 2.24) is 15.1 Å². The molecule has 2 aromatic rings. The van der Waals surface area contributed by atoms with E-state index in [4.69, 9.17) is 9.63 Å². The molecule has 0 aliphatic carbocycles.